The summed E-state index contributed by atoms with van der Waals surface area (Å²) < 4.78 is 0. The van der Waals surface area contributed by atoms with E-state index in [9.17, 15) is 19.2 Å². The molecule has 1 atom stereocenters. The molecule has 1 saturated heterocycles. The van der Waals surface area contributed by atoms with E-state index in [1.807, 2.05) is 6.07 Å². The van der Waals surface area contributed by atoms with Crippen molar-refractivity contribution in [3.8, 4) is 0 Å². The van der Waals surface area contributed by atoms with E-state index in [0.29, 0.717) is 24.3 Å². The van der Waals surface area contributed by atoms with Crippen LogP contribution in [-0.4, -0.2) is 45.5 Å². The monoisotopic (exact) mass is 348 g/mol. The molecule has 1 fully saturated rings. The molecule has 2 N–H and O–H groups in total. The SMILES string of the molecule is O=C(O)CCSc1cccc2c1CN(C1CCC(=O)NC1=O)C2=O. The summed E-state index contributed by atoms with van der Waals surface area (Å²) in [5.74, 6) is -1.42. The highest BCUT2D eigenvalue weighted by Crippen LogP contribution is 2.34. The van der Waals surface area contributed by atoms with Gasteiger partial charge in [-0.15, -0.1) is 11.8 Å². The maximum Gasteiger partial charge on any atom is 0.304 e. The summed E-state index contributed by atoms with van der Waals surface area (Å²) >= 11 is 1.39. The van der Waals surface area contributed by atoms with Gasteiger partial charge in [-0.2, -0.15) is 0 Å². The van der Waals surface area contributed by atoms with Gasteiger partial charge in [-0.25, -0.2) is 0 Å². The zero-order valence-corrected chi connectivity index (χ0v) is 13.6. The van der Waals surface area contributed by atoms with Crippen molar-refractivity contribution in [3.05, 3.63) is 29.3 Å². The van der Waals surface area contributed by atoms with E-state index in [2.05, 4.69) is 5.32 Å². The summed E-state index contributed by atoms with van der Waals surface area (Å²) in [5.41, 5.74) is 1.36. The quantitative estimate of drug-likeness (QED) is 0.608. The van der Waals surface area contributed by atoms with E-state index in [1.165, 1.54) is 16.7 Å². The Balaban J connectivity index is 1.78. The van der Waals surface area contributed by atoms with Crippen molar-refractivity contribution in [1.82, 2.24) is 10.2 Å². The molecule has 2 aliphatic heterocycles. The van der Waals surface area contributed by atoms with Gasteiger partial charge in [0.2, 0.25) is 11.8 Å². The van der Waals surface area contributed by atoms with Gasteiger partial charge in [-0.3, -0.25) is 24.5 Å². The molecule has 0 radical (unpaired) electrons. The fourth-order valence-electron chi connectivity index (χ4n) is 2.94. The molecular weight excluding hydrogens is 332 g/mol. The molecule has 2 aliphatic rings. The Bertz CT molecular complexity index is 733. The largest absolute Gasteiger partial charge is 0.481 e. The molecule has 126 valence electrons. The van der Waals surface area contributed by atoms with Crippen molar-refractivity contribution in [2.75, 3.05) is 5.75 Å². The van der Waals surface area contributed by atoms with Crippen molar-refractivity contribution in [3.63, 3.8) is 0 Å². The summed E-state index contributed by atoms with van der Waals surface area (Å²) in [6.07, 6.45) is 0.585. The van der Waals surface area contributed by atoms with E-state index in [4.69, 9.17) is 5.11 Å². The average Bonchev–Trinajstić information content (AvgIpc) is 2.85. The lowest BCUT2D eigenvalue weighted by atomic mass is 10.0. The molecule has 0 aromatic heterocycles. The predicted octanol–water partition coefficient (Wildman–Crippen LogP) is 1.01. The Kier molecular flexibility index (Phi) is 4.57. The van der Waals surface area contributed by atoms with E-state index in [-0.39, 0.29) is 24.7 Å². The van der Waals surface area contributed by atoms with E-state index < -0.39 is 17.9 Å². The van der Waals surface area contributed by atoms with Gasteiger partial charge in [0.15, 0.2) is 0 Å². The third kappa shape index (κ3) is 3.14. The van der Waals surface area contributed by atoms with Gasteiger partial charge >= 0.3 is 5.97 Å². The highest BCUT2D eigenvalue weighted by atomic mass is 32.2. The highest BCUT2D eigenvalue weighted by Gasteiger charge is 2.39. The molecule has 3 rings (SSSR count). The van der Waals surface area contributed by atoms with Crippen LogP contribution >= 0.6 is 11.8 Å². The molecule has 3 amide bonds. The first-order valence-electron chi connectivity index (χ1n) is 7.58. The van der Waals surface area contributed by atoms with Gasteiger partial charge in [-0.05, 0) is 24.1 Å². The van der Waals surface area contributed by atoms with Gasteiger partial charge in [0.25, 0.3) is 5.91 Å². The summed E-state index contributed by atoms with van der Waals surface area (Å²) in [6, 6.07) is 4.69. The van der Waals surface area contributed by atoms with Crippen LogP contribution in [0.5, 0.6) is 0 Å². The number of piperidine rings is 1. The second kappa shape index (κ2) is 6.64. The normalized spacial score (nSPS) is 20.1. The lowest BCUT2D eigenvalue weighted by Crippen LogP contribution is -2.52. The minimum absolute atomic E-state index is 0.0408. The van der Waals surface area contributed by atoms with Crippen molar-refractivity contribution in [1.29, 1.82) is 0 Å². The van der Waals surface area contributed by atoms with Crippen LogP contribution in [0.15, 0.2) is 23.1 Å². The van der Waals surface area contributed by atoms with Crippen LogP contribution in [0.25, 0.3) is 0 Å². The highest BCUT2D eigenvalue weighted by molar-refractivity contribution is 7.99. The number of rotatable bonds is 5. The number of amides is 3. The number of nitrogens with one attached hydrogen (secondary N) is 1. The molecule has 2 heterocycles. The van der Waals surface area contributed by atoms with Crippen LogP contribution in [0.3, 0.4) is 0 Å². The minimum Gasteiger partial charge on any atom is -0.481 e. The van der Waals surface area contributed by atoms with E-state index in [1.54, 1.807) is 12.1 Å². The number of carboxylic acid groups (broad SMARTS) is 1. The molecule has 1 unspecified atom stereocenters. The number of hydrogen-bond donors (Lipinski definition) is 2. The van der Waals surface area contributed by atoms with Crippen LogP contribution in [0, 0.1) is 0 Å². The lowest BCUT2D eigenvalue weighted by molar-refractivity contribution is -0.138. The fourth-order valence-corrected chi connectivity index (χ4v) is 3.96. The Morgan fingerprint density at radius 2 is 2.12 bits per heavy atom. The number of carbonyl (C=O) groups is 4. The fraction of sp³-hybridized carbons (Fsp3) is 0.375. The van der Waals surface area contributed by atoms with Crippen LogP contribution in [-0.2, 0) is 20.9 Å². The Morgan fingerprint density at radius 1 is 1.33 bits per heavy atom. The summed E-state index contributed by atoms with van der Waals surface area (Å²) in [7, 11) is 0. The molecule has 0 saturated carbocycles. The summed E-state index contributed by atoms with van der Waals surface area (Å²) in [4.78, 5) is 48.9. The third-order valence-corrected chi connectivity index (χ3v) is 5.21. The molecule has 0 spiro atoms. The van der Waals surface area contributed by atoms with Gasteiger partial charge in [0, 0.05) is 29.2 Å². The molecule has 1 aromatic rings. The topological polar surface area (TPSA) is 104 Å². The van der Waals surface area contributed by atoms with Crippen molar-refractivity contribution >= 4 is 35.5 Å². The number of imide groups is 1. The molecule has 0 bridgehead atoms. The van der Waals surface area contributed by atoms with Crippen molar-refractivity contribution in [2.24, 2.45) is 0 Å². The second-order valence-electron chi connectivity index (χ2n) is 5.67. The molecule has 0 aliphatic carbocycles. The maximum absolute atomic E-state index is 12.6. The number of thioether (sulfide) groups is 1. The number of nitrogens with zero attached hydrogens (tertiary/aromatic N) is 1. The standard InChI is InChI=1S/C16H16N2O5S/c19-13-5-4-11(15(22)17-13)18-8-10-9(16(18)23)2-1-3-12(10)24-7-6-14(20)21/h1-3,11H,4-8H2,(H,20,21)(H,17,19,22). The average molecular weight is 348 g/mol. The van der Waals surface area contributed by atoms with E-state index in [0.717, 1.165) is 10.5 Å². The molecular formula is C16H16N2O5S. The van der Waals surface area contributed by atoms with Crippen molar-refractivity contribution < 1.29 is 24.3 Å². The first-order valence-corrected chi connectivity index (χ1v) is 8.57. The zero-order valence-electron chi connectivity index (χ0n) is 12.8. The minimum atomic E-state index is -0.865. The predicted molar refractivity (Wildman–Crippen MR) is 85.5 cm³/mol. The van der Waals surface area contributed by atoms with Gasteiger partial charge < -0.3 is 10.0 Å². The molecule has 1 aromatic carbocycles. The van der Waals surface area contributed by atoms with Crippen LogP contribution < -0.4 is 5.32 Å². The number of fused-ring (bicyclic) bond motifs is 1. The van der Waals surface area contributed by atoms with E-state index >= 15 is 0 Å². The van der Waals surface area contributed by atoms with Crippen molar-refractivity contribution in [2.45, 2.75) is 36.7 Å². The Hall–Kier alpha value is -2.35. The number of hydrogen-bond acceptors (Lipinski definition) is 5. The number of benzene rings is 1. The molecule has 24 heavy (non-hydrogen) atoms. The Morgan fingerprint density at radius 3 is 2.83 bits per heavy atom. The van der Waals surface area contributed by atoms with Gasteiger partial charge in [0.1, 0.15) is 6.04 Å². The number of carboxylic acids is 1. The van der Waals surface area contributed by atoms with Crippen LogP contribution in [0.2, 0.25) is 0 Å². The molecule has 7 nitrogen and oxygen atoms in total. The first kappa shape index (κ1) is 16.5. The lowest BCUT2D eigenvalue weighted by Gasteiger charge is -2.29. The maximum atomic E-state index is 12.6. The summed E-state index contributed by atoms with van der Waals surface area (Å²) in [5, 5.41) is 11.0. The zero-order chi connectivity index (χ0) is 17.3. The molecule has 8 heteroatoms. The smallest absolute Gasteiger partial charge is 0.304 e. The second-order valence-corrected chi connectivity index (χ2v) is 6.81. The number of carbonyl (C=O) groups excluding carboxylic acids is 3. The third-order valence-electron chi connectivity index (χ3n) is 4.11. The summed E-state index contributed by atoms with van der Waals surface area (Å²) in [6.45, 7) is 0.302. The van der Waals surface area contributed by atoms with Crippen LogP contribution in [0.4, 0.5) is 0 Å². The van der Waals surface area contributed by atoms with Crippen LogP contribution in [0.1, 0.15) is 35.2 Å². The van der Waals surface area contributed by atoms with Gasteiger partial charge in [-0.1, -0.05) is 6.07 Å². The number of aliphatic carboxylic acids is 1. The first-order chi connectivity index (χ1) is 11.5. The van der Waals surface area contributed by atoms with Gasteiger partial charge in [0.05, 0.1) is 6.42 Å². The Labute approximate surface area is 142 Å².